The molecule has 2 aromatic rings. The van der Waals surface area contributed by atoms with Gasteiger partial charge < -0.3 is 10.5 Å². The molecule has 0 bridgehead atoms. The van der Waals surface area contributed by atoms with Gasteiger partial charge in [0.25, 0.3) is 5.91 Å². The first kappa shape index (κ1) is 17.5. The second-order valence-electron chi connectivity index (χ2n) is 4.90. The van der Waals surface area contributed by atoms with E-state index in [0.29, 0.717) is 16.3 Å². The van der Waals surface area contributed by atoms with E-state index >= 15 is 0 Å². The molecule has 0 atom stereocenters. The summed E-state index contributed by atoms with van der Waals surface area (Å²) in [6, 6.07) is 14.3. The average Bonchev–Trinajstić information content (AvgIpc) is 2.55. The summed E-state index contributed by atoms with van der Waals surface area (Å²) in [6.45, 7) is -0.247. The Bertz CT molecular complexity index is 748. The van der Waals surface area contributed by atoms with Crippen LogP contribution in [0.2, 0.25) is 5.02 Å². The van der Waals surface area contributed by atoms with Crippen LogP contribution in [0.1, 0.15) is 11.1 Å². The first-order chi connectivity index (χ1) is 11.5. The fourth-order valence-corrected chi connectivity index (χ4v) is 2.11. The number of nitrogens with zero attached hydrogens (tertiary/aromatic N) is 1. The quantitative estimate of drug-likeness (QED) is 0.592. The molecule has 0 aliphatic rings. The van der Waals surface area contributed by atoms with Crippen molar-refractivity contribution in [3.63, 3.8) is 0 Å². The van der Waals surface area contributed by atoms with Crippen LogP contribution in [0.3, 0.4) is 0 Å². The number of benzene rings is 2. The van der Waals surface area contributed by atoms with Gasteiger partial charge in [-0.15, -0.1) is 0 Å². The lowest BCUT2D eigenvalue weighted by Gasteiger charge is -2.06. The fourth-order valence-electron chi connectivity index (χ4n) is 1.86. The van der Waals surface area contributed by atoms with Crippen molar-refractivity contribution in [1.29, 1.82) is 0 Å². The average molecular weight is 346 g/mol. The Morgan fingerprint density at radius 1 is 1.21 bits per heavy atom. The van der Waals surface area contributed by atoms with Gasteiger partial charge in [0.15, 0.2) is 6.61 Å². The molecule has 0 fully saturated rings. The number of carbonyl (C=O) groups excluding carboxylic acids is 2. The number of nitrogens with two attached hydrogens (primary N) is 1. The minimum Gasteiger partial charge on any atom is -0.482 e. The van der Waals surface area contributed by atoms with Crippen LogP contribution in [0, 0.1) is 0 Å². The molecule has 0 aliphatic carbocycles. The number of amides is 2. The predicted molar refractivity (Wildman–Crippen MR) is 92.0 cm³/mol. The van der Waals surface area contributed by atoms with Crippen molar-refractivity contribution < 1.29 is 14.3 Å². The van der Waals surface area contributed by atoms with Crippen molar-refractivity contribution >= 4 is 29.6 Å². The predicted octanol–water partition coefficient (Wildman–Crippen LogP) is 1.90. The Morgan fingerprint density at radius 2 is 1.96 bits per heavy atom. The van der Waals surface area contributed by atoms with Crippen molar-refractivity contribution in [3.05, 3.63) is 64.7 Å². The van der Waals surface area contributed by atoms with Gasteiger partial charge >= 0.3 is 0 Å². The molecule has 2 aromatic carbocycles. The molecule has 0 heterocycles. The van der Waals surface area contributed by atoms with Crippen LogP contribution in [-0.4, -0.2) is 24.6 Å². The number of hydrazone groups is 1. The largest absolute Gasteiger partial charge is 0.482 e. The summed E-state index contributed by atoms with van der Waals surface area (Å²) in [5.74, 6) is -0.455. The number of halogens is 1. The minimum atomic E-state index is -0.585. The topological polar surface area (TPSA) is 93.8 Å². The molecule has 3 N–H and O–H groups in total. The van der Waals surface area contributed by atoms with Crippen molar-refractivity contribution in [2.45, 2.75) is 6.42 Å². The standard InChI is InChI=1S/C17H16ClN3O3/c18-14-8-13(6-7-15(14)24-11-16(19)22)10-20-21-17(23)9-12-4-2-1-3-5-12/h1-8,10H,9,11H2,(H2,19,22)(H,21,23). The first-order valence-electron chi connectivity index (χ1n) is 7.11. The number of ether oxygens (including phenoxy) is 1. The Balaban J connectivity index is 1.88. The Labute approximate surface area is 144 Å². The number of hydrogen-bond donors (Lipinski definition) is 2. The maximum absolute atomic E-state index is 11.8. The highest BCUT2D eigenvalue weighted by atomic mass is 35.5. The van der Waals surface area contributed by atoms with Gasteiger partial charge in [0.1, 0.15) is 5.75 Å². The lowest BCUT2D eigenvalue weighted by atomic mass is 10.1. The molecule has 0 radical (unpaired) electrons. The minimum absolute atomic E-state index is 0.218. The maximum Gasteiger partial charge on any atom is 0.255 e. The van der Waals surface area contributed by atoms with Crippen LogP contribution >= 0.6 is 11.6 Å². The van der Waals surface area contributed by atoms with E-state index in [0.717, 1.165) is 5.56 Å². The van der Waals surface area contributed by atoms with Crippen LogP contribution in [0.5, 0.6) is 5.75 Å². The number of primary amides is 1. The third-order valence-corrected chi connectivity index (χ3v) is 3.23. The van der Waals surface area contributed by atoms with Crippen LogP contribution in [0.4, 0.5) is 0 Å². The van der Waals surface area contributed by atoms with Crippen LogP contribution < -0.4 is 15.9 Å². The second kappa shape index (κ2) is 8.69. The van der Waals surface area contributed by atoms with E-state index in [9.17, 15) is 9.59 Å². The summed E-state index contributed by atoms with van der Waals surface area (Å²) in [6.07, 6.45) is 1.71. The van der Waals surface area contributed by atoms with Gasteiger partial charge in [0.2, 0.25) is 5.91 Å². The molecule has 0 aromatic heterocycles. The zero-order valence-electron chi connectivity index (χ0n) is 12.7. The van der Waals surface area contributed by atoms with Gasteiger partial charge in [-0.25, -0.2) is 5.43 Å². The molecular formula is C17H16ClN3O3. The fraction of sp³-hybridized carbons (Fsp3) is 0.118. The summed E-state index contributed by atoms with van der Waals surface area (Å²) >= 11 is 6.04. The number of nitrogens with one attached hydrogen (secondary N) is 1. The van der Waals surface area contributed by atoms with Gasteiger partial charge in [-0.1, -0.05) is 41.9 Å². The molecule has 124 valence electrons. The summed E-state index contributed by atoms with van der Waals surface area (Å²) in [5.41, 5.74) is 9.03. The third kappa shape index (κ3) is 5.73. The van der Waals surface area contributed by atoms with E-state index in [2.05, 4.69) is 10.5 Å². The van der Waals surface area contributed by atoms with Gasteiger partial charge in [0.05, 0.1) is 17.7 Å². The molecule has 2 amide bonds. The van der Waals surface area contributed by atoms with Crippen molar-refractivity contribution in [2.24, 2.45) is 10.8 Å². The van der Waals surface area contributed by atoms with Crippen molar-refractivity contribution in [3.8, 4) is 5.75 Å². The molecule has 2 rings (SSSR count). The summed E-state index contributed by atoms with van der Waals surface area (Å²) in [5, 5.41) is 4.20. The third-order valence-electron chi connectivity index (χ3n) is 2.94. The van der Waals surface area contributed by atoms with Gasteiger partial charge in [-0.3, -0.25) is 9.59 Å². The number of rotatable bonds is 7. The van der Waals surface area contributed by atoms with E-state index in [1.807, 2.05) is 30.3 Å². The highest BCUT2D eigenvalue weighted by molar-refractivity contribution is 6.32. The molecule has 6 nitrogen and oxygen atoms in total. The normalized spacial score (nSPS) is 10.5. The van der Waals surface area contributed by atoms with Crippen molar-refractivity contribution in [2.75, 3.05) is 6.61 Å². The van der Waals surface area contributed by atoms with E-state index < -0.39 is 5.91 Å². The highest BCUT2D eigenvalue weighted by Crippen LogP contribution is 2.24. The Morgan fingerprint density at radius 3 is 2.62 bits per heavy atom. The highest BCUT2D eigenvalue weighted by Gasteiger charge is 2.04. The van der Waals surface area contributed by atoms with Crippen molar-refractivity contribution in [1.82, 2.24) is 5.43 Å². The van der Waals surface area contributed by atoms with Gasteiger partial charge in [-0.05, 0) is 29.3 Å². The maximum atomic E-state index is 11.8. The van der Waals surface area contributed by atoms with Crippen LogP contribution in [0.15, 0.2) is 53.6 Å². The van der Waals surface area contributed by atoms with Gasteiger partial charge in [0, 0.05) is 0 Å². The lowest BCUT2D eigenvalue weighted by molar-refractivity contribution is -0.121. The SMILES string of the molecule is NC(=O)COc1ccc(C=NNC(=O)Cc2ccccc2)cc1Cl. The van der Waals surface area contributed by atoms with Gasteiger partial charge in [-0.2, -0.15) is 5.10 Å². The number of hydrogen-bond acceptors (Lipinski definition) is 4. The van der Waals surface area contributed by atoms with E-state index in [1.54, 1.807) is 18.2 Å². The zero-order valence-corrected chi connectivity index (χ0v) is 13.5. The smallest absolute Gasteiger partial charge is 0.255 e. The lowest BCUT2D eigenvalue weighted by Crippen LogP contribution is -2.20. The van der Waals surface area contributed by atoms with E-state index in [-0.39, 0.29) is 18.9 Å². The monoisotopic (exact) mass is 345 g/mol. The van der Waals surface area contributed by atoms with E-state index in [4.69, 9.17) is 22.1 Å². The molecule has 7 heteroatoms. The molecule has 0 saturated heterocycles. The Kier molecular flexibility index (Phi) is 6.33. The van der Waals surface area contributed by atoms with E-state index in [1.165, 1.54) is 6.21 Å². The second-order valence-corrected chi connectivity index (χ2v) is 5.31. The zero-order chi connectivity index (χ0) is 17.4. The molecule has 0 spiro atoms. The molecule has 0 aliphatic heterocycles. The van der Waals surface area contributed by atoms with Crippen LogP contribution in [0.25, 0.3) is 0 Å². The summed E-state index contributed by atoms with van der Waals surface area (Å²) in [7, 11) is 0. The van der Waals surface area contributed by atoms with Crippen LogP contribution in [-0.2, 0) is 16.0 Å². The Hall–Kier alpha value is -2.86. The molecule has 24 heavy (non-hydrogen) atoms. The summed E-state index contributed by atoms with van der Waals surface area (Å²) < 4.78 is 5.14. The molecular weight excluding hydrogens is 330 g/mol. The molecule has 0 unspecified atom stereocenters. The summed E-state index contributed by atoms with van der Waals surface area (Å²) in [4.78, 5) is 22.4. The number of carbonyl (C=O) groups is 2. The first-order valence-corrected chi connectivity index (χ1v) is 7.49. The molecule has 0 saturated carbocycles.